The molecule has 12 nitrogen and oxygen atoms in total. The van der Waals surface area contributed by atoms with Gasteiger partial charge < -0.3 is 21.9 Å². The SMILES string of the molecule is Nc1nc(C(N=O)C(=O)N[C@@H]2C(=O)N3C(C(=O)O)=C(Sc4cccnc4N)CCC23)c(Cl)s1. The molecule has 15 heteroatoms. The molecular weight excluding hydrogens is 494 g/mol. The summed E-state index contributed by atoms with van der Waals surface area (Å²) in [6.45, 7) is 0. The van der Waals surface area contributed by atoms with Crippen LogP contribution < -0.4 is 16.8 Å². The summed E-state index contributed by atoms with van der Waals surface area (Å²) < 4.78 is 0.0407. The predicted octanol–water partition coefficient (Wildman–Crippen LogP) is 1.74. The Morgan fingerprint density at radius 1 is 1.42 bits per heavy atom. The van der Waals surface area contributed by atoms with Crippen LogP contribution in [0.2, 0.25) is 4.34 Å². The van der Waals surface area contributed by atoms with E-state index in [1.165, 1.54) is 6.20 Å². The van der Waals surface area contributed by atoms with E-state index >= 15 is 0 Å². The lowest BCUT2D eigenvalue weighted by atomic mass is 9.86. The minimum absolute atomic E-state index is 0.0407. The number of nitrogens with zero attached hydrogens (tertiary/aromatic N) is 4. The number of carbonyl (C=O) groups excluding carboxylic acids is 2. The molecule has 2 aromatic heterocycles. The Bertz CT molecular complexity index is 1200. The zero-order valence-electron chi connectivity index (χ0n) is 16.6. The van der Waals surface area contributed by atoms with Crippen molar-refractivity contribution in [1.29, 1.82) is 0 Å². The number of pyridine rings is 1. The molecule has 0 aliphatic carbocycles. The van der Waals surface area contributed by atoms with Gasteiger partial charge in [0.15, 0.2) is 5.13 Å². The molecule has 0 saturated carbocycles. The van der Waals surface area contributed by atoms with Crippen LogP contribution in [-0.2, 0) is 14.4 Å². The molecule has 6 N–H and O–H groups in total. The van der Waals surface area contributed by atoms with Gasteiger partial charge >= 0.3 is 5.97 Å². The molecule has 2 aliphatic heterocycles. The summed E-state index contributed by atoms with van der Waals surface area (Å²) in [6, 6.07) is 0.179. The second-order valence-corrected chi connectivity index (χ2v) is 9.85. The zero-order valence-corrected chi connectivity index (χ0v) is 19.0. The highest BCUT2D eigenvalue weighted by molar-refractivity contribution is 8.03. The highest BCUT2D eigenvalue weighted by Gasteiger charge is 2.54. The normalized spacial score (nSPS) is 20.6. The lowest BCUT2D eigenvalue weighted by Crippen LogP contribution is -2.71. The first-order valence-corrected chi connectivity index (χ1v) is 11.5. The molecule has 4 rings (SSSR count). The maximum Gasteiger partial charge on any atom is 0.353 e. The van der Waals surface area contributed by atoms with Gasteiger partial charge in [-0.25, -0.2) is 14.8 Å². The molecule has 2 amide bonds. The van der Waals surface area contributed by atoms with Gasteiger partial charge in [-0.3, -0.25) is 14.5 Å². The summed E-state index contributed by atoms with van der Waals surface area (Å²) in [4.78, 5) is 58.8. The summed E-state index contributed by atoms with van der Waals surface area (Å²) in [7, 11) is 0. The Balaban J connectivity index is 1.54. The van der Waals surface area contributed by atoms with Gasteiger partial charge in [-0.2, -0.15) is 0 Å². The molecule has 33 heavy (non-hydrogen) atoms. The summed E-state index contributed by atoms with van der Waals surface area (Å²) in [5.41, 5.74) is 11.1. The van der Waals surface area contributed by atoms with Crippen LogP contribution in [0.1, 0.15) is 24.6 Å². The maximum absolute atomic E-state index is 12.8. The Morgan fingerprint density at radius 3 is 2.79 bits per heavy atom. The number of nitrogens with one attached hydrogen (secondary N) is 1. The number of thiazole rings is 1. The van der Waals surface area contributed by atoms with Crippen LogP contribution in [0.3, 0.4) is 0 Å². The number of nitrogens with two attached hydrogens (primary N) is 2. The van der Waals surface area contributed by atoms with Crippen molar-refractivity contribution >= 4 is 63.4 Å². The fourth-order valence-corrected chi connectivity index (χ4v) is 5.75. The number of allylic oxidation sites excluding steroid dienone is 1. The molecule has 172 valence electrons. The van der Waals surface area contributed by atoms with Crippen LogP contribution in [0.4, 0.5) is 10.9 Å². The number of thioether (sulfide) groups is 1. The number of hydrogen-bond donors (Lipinski definition) is 4. The fraction of sp³-hybridized carbons (Fsp3) is 0.278. The zero-order chi connectivity index (χ0) is 23.9. The van der Waals surface area contributed by atoms with Crippen molar-refractivity contribution in [2.45, 2.75) is 35.9 Å². The Kier molecular flexibility index (Phi) is 6.23. The average molecular weight is 510 g/mol. The molecule has 2 unspecified atom stereocenters. The number of carbonyl (C=O) groups is 3. The number of nitrogen functional groups attached to an aromatic ring is 2. The van der Waals surface area contributed by atoms with Crippen LogP contribution in [0.25, 0.3) is 0 Å². The minimum atomic E-state index is -1.59. The van der Waals surface area contributed by atoms with Gasteiger partial charge in [0.1, 0.15) is 27.6 Å². The monoisotopic (exact) mass is 509 g/mol. The highest BCUT2D eigenvalue weighted by Crippen LogP contribution is 2.44. The van der Waals surface area contributed by atoms with Gasteiger partial charge in [0.2, 0.25) is 6.04 Å². The lowest BCUT2D eigenvalue weighted by molar-refractivity contribution is -0.156. The first kappa shape index (κ1) is 22.9. The van der Waals surface area contributed by atoms with E-state index in [-0.39, 0.29) is 26.7 Å². The predicted molar refractivity (Wildman–Crippen MR) is 121 cm³/mol. The number of nitroso groups, excluding NO2 is 1. The van der Waals surface area contributed by atoms with Crippen molar-refractivity contribution in [1.82, 2.24) is 20.2 Å². The topological polar surface area (TPSA) is 194 Å². The largest absolute Gasteiger partial charge is 0.477 e. The average Bonchev–Trinajstić information content (AvgIpc) is 3.11. The van der Waals surface area contributed by atoms with Crippen molar-refractivity contribution in [3.8, 4) is 0 Å². The summed E-state index contributed by atoms with van der Waals surface area (Å²) in [5, 5.41) is 15.1. The molecule has 0 radical (unpaired) electrons. The molecule has 3 atom stereocenters. The van der Waals surface area contributed by atoms with Gasteiger partial charge in [0.05, 0.1) is 10.9 Å². The Hall–Kier alpha value is -3.23. The number of rotatable bonds is 7. The van der Waals surface area contributed by atoms with Crippen molar-refractivity contribution in [2.24, 2.45) is 5.18 Å². The number of aromatic nitrogens is 2. The van der Waals surface area contributed by atoms with Crippen molar-refractivity contribution in [2.75, 3.05) is 11.5 Å². The Morgan fingerprint density at radius 2 is 2.18 bits per heavy atom. The number of β-lactam (4-membered cyclic amide) rings is 1. The van der Waals surface area contributed by atoms with E-state index in [1.54, 1.807) is 12.1 Å². The lowest BCUT2D eigenvalue weighted by Gasteiger charge is -2.50. The van der Waals surface area contributed by atoms with Crippen LogP contribution in [0.5, 0.6) is 0 Å². The van der Waals surface area contributed by atoms with Gasteiger partial charge in [0.25, 0.3) is 11.8 Å². The number of halogens is 1. The number of carboxylic acids is 1. The summed E-state index contributed by atoms with van der Waals surface area (Å²) >= 11 is 7.99. The van der Waals surface area contributed by atoms with E-state index in [0.717, 1.165) is 28.0 Å². The molecule has 4 heterocycles. The second-order valence-electron chi connectivity index (χ2n) is 7.09. The summed E-state index contributed by atoms with van der Waals surface area (Å²) in [5.74, 6) is -2.52. The van der Waals surface area contributed by atoms with E-state index in [9.17, 15) is 24.4 Å². The molecule has 1 fully saturated rings. The smallest absolute Gasteiger partial charge is 0.353 e. The number of aliphatic carboxylic acids is 1. The van der Waals surface area contributed by atoms with Crippen LogP contribution in [0, 0.1) is 4.91 Å². The number of amides is 2. The van der Waals surface area contributed by atoms with Crippen LogP contribution >= 0.6 is 34.7 Å². The Labute approximate surface area is 199 Å². The van der Waals surface area contributed by atoms with E-state index in [1.807, 2.05) is 0 Å². The summed E-state index contributed by atoms with van der Waals surface area (Å²) in [6.07, 6.45) is 2.24. The van der Waals surface area contributed by atoms with Crippen molar-refractivity contribution in [3.63, 3.8) is 0 Å². The van der Waals surface area contributed by atoms with E-state index in [4.69, 9.17) is 23.1 Å². The van der Waals surface area contributed by atoms with E-state index in [0.29, 0.717) is 22.6 Å². The van der Waals surface area contributed by atoms with Gasteiger partial charge in [-0.15, -0.1) is 4.91 Å². The van der Waals surface area contributed by atoms with Gasteiger partial charge in [-0.05, 0) is 30.2 Å². The van der Waals surface area contributed by atoms with Crippen molar-refractivity contribution < 1.29 is 19.5 Å². The first-order chi connectivity index (χ1) is 15.7. The molecule has 1 saturated heterocycles. The maximum atomic E-state index is 12.8. The molecule has 2 aromatic rings. The molecule has 0 spiro atoms. The number of anilines is 2. The quantitative estimate of drug-likeness (QED) is 0.315. The van der Waals surface area contributed by atoms with E-state index < -0.39 is 35.9 Å². The van der Waals surface area contributed by atoms with Crippen molar-refractivity contribution in [3.05, 3.63) is 43.9 Å². The highest BCUT2D eigenvalue weighted by atomic mass is 35.5. The first-order valence-electron chi connectivity index (χ1n) is 9.45. The van der Waals surface area contributed by atoms with Crippen LogP contribution in [0.15, 0.2) is 39.0 Å². The molecule has 0 bridgehead atoms. The van der Waals surface area contributed by atoms with Crippen LogP contribution in [-0.4, -0.2) is 49.8 Å². The van der Waals surface area contributed by atoms with Gasteiger partial charge in [0, 0.05) is 11.1 Å². The molecule has 0 aromatic carbocycles. The minimum Gasteiger partial charge on any atom is -0.477 e. The standard InChI is InChI=1S/C18H16ClN7O5S2/c19-13-10(24-18(21)33-13)11(25-31)15(27)23-9-6-3-4-7(12(17(29)30)26(6)16(9)28)32-8-2-1-5-22-14(8)20/h1-2,5-6,9,11H,3-4H2,(H2,20,22)(H2,21,24)(H,23,27)(H,29,30)/t6?,9-,11?/m0/s1. The third-order valence-corrected chi connectivity index (χ3v) is 7.49. The third kappa shape index (κ3) is 4.12. The number of hydrogen-bond acceptors (Lipinski definition) is 11. The molecular formula is C18H16ClN7O5S2. The number of fused-ring (bicyclic) bond motifs is 1. The third-order valence-electron chi connectivity index (χ3n) is 5.16. The second kappa shape index (κ2) is 8.96. The van der Waals surface area contributed by atoms with Gasteiger partial charge in [-0.1, -0.05) is 34.7 Å². The fourth-order valence-electron chi connectivity index (χ4n) is 3.70. The van der Waals surface area contributed by atoms with E-state index in [2.05, 4.69) is 20.5 Å². The number of carboxylic acid groups (broad SMARTS) is 1. The molecule has 2 aliphatic rings.